The fraction of sp³-hybridized carbons (Fsp3) is 0.600. The molecule has 0 spiro atoms. The SMILES string of the molecule is CCNC(CCCc1ccc(Cl)c(Cl)c1)C1CC1. The monoisotopic (exact) mass is 285 g/mol. The topological polar surface area (TPSA) is 12.0 Å². The minimum absolute atomic E-state index is 0.643. The Labute approximate surface area is 120 Å². The molecule has 3 heteroatoms. The first-order valence-electron chi connectivity index (χ1n) is 6.88. The van der Waals surface area contributed by atoms with Gasteiger partial charge in [0.15, 0.2) is 0 Å². The Morgan fingerprint density at radius 1 is 1.28 bits per heavy atom. The van der Waals surface area contributed by atoms with E-state index in [0.717, 1.165) is 24.9 Å². The van der Waals surface area contributed by atoms with E-state index in [1.165, 1.54) is 31.2 Å². The highest BCUT2D eigenvalue weighted by Crippen LogP contribution is 2.34. The van der Waals surface area contributed by atoms with Crippen molar-refractivity contribution in [3.8, 4) is 0 Å². The van der Waals surface area contributed by atoms with Crippen molar-refractivity contribution in [1.29, 1.82) is 0 Å². The molecule has 1 saturated carbocycles. The summed E-state index contributed by atoms with van der Waals surface area (Å²) in [7, 11) is 0. The van der Waals surface area contributed by atoms with Crippen LogP contribution in [0.1, 0.15) is 38.2 Å². The first kappa shape index (κ1) is 14.2. The van der Waals surface area contributed by atoms with E-state index in [1.54, 1.807) is 0 Å². The summed E-state index contributed by atoms with van der Waals surface area (Å²) in [5.74, 6) is 0.929. The Morgan fingerprint density at radius 2 is 2.06 bits per heavy atom. The minimum Gasteiger partial charge on any atom is -0.314 e. The summed E-state index contributed by atoms with van der Waals surface area (Å²) in [6.45, 7) is 3.27. The Morgan fingerprint density at radius 3 is 2.67 bits per heavy atom. The standard InChI is InChI=1S/C15H21Cl2N/c1-2-18-15(12-7-8-12)5-3-4-11-6-9-13(16)14(17)10-11/h6,9-10,12,15,18H,2-5,7-8H2,1H3. The van der Waals surface area contributed by atoms with Crippen LogP contribution < -0.4 is 5.32 Å². The van der Waals surface area contributed by atoms with Crippen LogP contribution in [0.2, 0.25) is 10.0 Å². The van der Waals surface area contributed by atoms with Crippen molar-refractivity contribution in [3.63, 3.8) is 0 Å². The van der Waals surface area contributed by atoms with Crippen molar-refractivity contribution < 1.29 is 0 Å². The summed E-state index contributed by atoms with van der Waals surface area (Å²) in [4.78, 5) is 0. The predicted octanol–water partition coefficient (Wildman–Crippen LogP) is 4.70. The van der Waals surface area contributed by atoms with Crippen LogP contribution >= 0.6 is 23.2 Å². The van der Waals surface area contributed by atoms with E-state index in [1.807, 2.05) is 12.1 Å². The molecule has 0 bridgehead atoms. The molecule has 1 aliphatic rings. The number of benzene rings is 1. The van der Waals surface area contributed by atoms with Crippen molar-refractivity contribution >= 4 is 23.2 Å². The van der Waals surface area contributed by atoms with E-state index >= 15 is 0 Å². The number of hydrogen-bond acceptors (Lipinski definition) is 1. The Bertz CT molecular complexity index is 388. The van der Waals surface area contributed by atoms with Crippen LogP contribution in [0.3, 0.4) is 0 Å². The maximum atomic E-state index is 6.02. The highest BCUT2D eigenvalue weighted by molar-refractivity contribution is 6.42. The Kier molecular flexibility index (Phi) is 5.35. The van der Waals surface area contributed by atoms with Crippen LogP contribution in [0.25, 0.3) is 0 Å². The third-order valence-electron chi connectivity index (χ3n) is 3.62. The zero-order valence-electron chi connectivity index (χ0n) is 10.9. The third-order valence-corrected chi connectivity index (χ3v) is 4.36. The van der Waals surface area contributed by atoms with Gasteiger partial charge < -0.3 is 5.32 Å². The molecule has 0 heterocycles. The number of nitrogens with one attached hydrogen (secondary N) is 1. The summed E-state index contributed by atoms with van der Waals surface area (Å²) < 4.78 is 0. The molecule has 1 nitrogen and oxygen atoms in total. The van der Waals surface area contributed by atoms with E-state index in [4.69, 9.17) is 23.2 Å². The lowest BCUT2D eigenvalue weighted by Crippen LogP contribution is -2.30. The Balaban J connectivity index is 1.78. The number of hydrogen-bond donors (Lipinski definition) is 1. The van der Waals surface area contributed by atoms with Crippen LogP contribution in [0, 0.1) is 5.92 Å². The zero-order chi connectivity index (χ0) is 13.0. The molecular formula is C15H21Cl2N. The maximum absolute atomic E-state index is 6.02. The van der Waals surface area contributed by atoms with E-state index < -0.39 is 0 Å². The fourth-order valence-electron chi connectivity index (χ4n) is 2.49. The predicted molar refractivity (Wildman–Crippen MR) is 79.6 cm³/mol. The summed E-state index contributed by atoms with van der Waals surface area (Å²) >= 11 is 11.9. The first-order chi connectivity index (χ1) is 8.70. The molecule has 1 aromatic carbocycles. The molecule has 0 aliphatic heterocycles. The van der Waals surface area contributed by atoms with Crippen molar-refractivity contribution in [1.82, 2.24) is 5.32 Å². The minimum atomic E-state index is 0.643. The second kappa shape index (κ2) is 6.79. The average molecular weight is 286 g/mol. The first-order valence-corrected chi connectivity index (χ1v) is 7.63. The normalized spacial score (nSPS) is 16.8. The van der Waals surface area contributed by atoms with Crippen molar-refractivity contribution in [2.45, 2.75) is 45.1 Å². The second-order valence-electron chi connectivity index (χ2n) is 5.14. The van der Waals surface area contributed by atoms with Gasteiger partial charge in [0.2, 0.25) is 0 Å². The lowest BCUT2D eigenvalue weighted by molar-refractivity contribution is 0.434. The molecule has 2 rings (SSSR count). The molecule has 1 atom stereocenters. The molecule has 1 unspecified atom stereocenters. The molecule has 100 valence electrons. The smallest absolute Gasteiger partial charge is 0.0595 e. The van der Waals surface area contributed by atoms with E-state index in [0.29, 0.717) is 10.0 Å². The van der Waals surface area contributed by atoms with Gasteiger partial charge in [-0.1, -0.05) is 36.2 Å². The number of halogens is 2. The van der Waals surface area contributed by atoms with Crippen molar-refractivity contribution in [2.24, 2.45) is 5.92 Å². The second-order valence-corrected chi connectivity index (χ2v) is 5.96. The van der Waals surface area contributed by atoms with Gasteiger partial charge in [-0.05, 0) is 62.3 Å². The van der Waals surface area contributed by atoms with Gasteiger partial charge >= 0.3 is 0 Å². The highest BCUT2D eigenvalue weighted by atomic mass is 35.5. The third kappa shape index (κ3) is 4.15. The molecule has 1 fully saturated rings. The van der Waals surface area contributed by atoms with Crippen LogP contribution in [0.4, 0.5) is 0 Å². The summed E-state index contributed by atoms with van der Waals surface area (Å²) in [5.41, 5.74) is 1.29. The molecule has 18 heavy (non-hydrogen) atoms. The molecule has 1 N–H and O–H groups in total. The van der Waals surface area contributed by atoms with Crippen molar-refractivity contribution in [3.05, 3.63) is 33.8 Å². The van der Waals surface area contributed by atoms with Crippen molar-refractivity contribution in [2.75, 3.05) is 6.54 Å². The summed E-state index contributed by atoms with van der Waals surface area (Å²) in [6, 6.07) is 6.68. The van der Waals surface area contributed by atoms with Crippen LogP contribution in [0.15, 0.2) is 18.2 Å². The summed E-state index contributed by atoms with van der Waals surface area (Å²) in [5, 5.41) is 4.91. The van der Waals surface area contributed by atoms with Gasteiger partial charge in [-0.2, -0.15) is 0 Å². The molecular weight excluding hydrogens is 265 g/mol. The van der Waals surface area contributed by atoms with Gasteiger partial charge in [0.05, 0.1) is 10.0 Å². The molecule has 0 amide bonds. The Hall–Kier alpha value is -0.240. The lowest BCUT2D eigenvalue weighted by atomic mass is 10.0. The summed E-state index contributed by atoms with van der Waals surface area (Å²) in [6.07, 6.45) is 6.38. The molecule has 1 aliphatic carbocycles. The van der Waals surface area contributed by atoms with Gasteiger partial charge in [-0.3, -0.25) is 0 Å². The lowest BCUT2D eigenvalue weighted by Gasteiger charge is -2.17. The van der Waals surface area contributed by atoms with E-state index in [2.05, 4.69) is 18.3 Å². The molecule has 0 radical (unpaired) electrons. The van der Waals surface area contributed by atoms with Gasteiger partial charge in [-0.25, -0.2) is 0 Å². The molecule has 0 saturated heterocycles. The van der Waals surface area contributed by atoms with Gasteiger partial charge in [0.1, 0.15) is 0 Å². The molecule has 1 aromatic rings. The van der Waals surface area contributed by atoms with E-state index in [-0.39, 0.29) is 0 Å². The van der Waals surface area contributed by atoms with E-state index in [9.17, 15) is 0 Å². The van der Waals surface area contributed by atoms with Gasteiger partial charge in [0, 0.05) is 6.04 Å². The number of rotatable bonds is 7. The highest BCUT2D eigenvalue weighted by Gasteiger charge is 2.29. The quantitative estimate of drug-likeness (QED) is 0.765. The van der Waals surface area contributed by atoms with Crippen LogP contribution in [-0.2, 0) is 6.42 Å². The molecule has 0 aromatic heterocycles. The van der Waals surface area contributed by atoms with Crippen LogP contribution in [0.5, 0.6) is 0 Å². The fourth-order valence-corrected chi connectivity index (χ4v) is 2.81. The zero-order valence-corrected chi connectivity index (χ0v) is 12.4. The van der Waals surface area contributed by atoms with Crippen LogP contribution in [-0.4, -0.2) is 12.6 Å². The van der Waals surface area contributed by atoms with Gasteiger partial charge in [0.25, 0.3) is 0 Å². The van der Waals surface area contributed by atoms with Gasteiger partial charge in [-0.15, -0.1) is 0 Å². The maximum Gasteiger partial charge on any atom is 0.0595 e. The average Bonchev–Trinajstić information content (AvgIpc) is 3.17. The number of aryl methyl sites for hydroxylation is 1. The largest absolute Gasteiger partial charge is 0.314 e.